The van der Waals surface area contributed by atoms with Gasteiger partial charge in [0.2, 0.25) is 11.7 Å². The van der Waals surface area contributed by atoms with Crippen molar-refractivity contribution in [3.63, 3.8) is 0 Å². The molecule has 0 saturated heterocycles. The number of hydrogen-bond acceptors (Lipinski definition) is 11. The number of aromatic hydroxyl groups is 1. The lowest BCUT2D eigenvalue weighted by Gasteiger charge is -2.50. The second kappa shape index (κ2) is 11.3. The highest BCUT2D eigenvalue weighted by Crippen LogP contribution is 2.54. The second-order valence-corrected chi connectivity index (χ2v) is 11.8. The number of Topliss-reactive ketones (excluding diaryl/α,β-unsaturated/α-hetero) is 2. The first-order chi connectivity index (χ1) is 20.8. The SMILES string of the molecule is COc1ccc(-c2cc(CNC(C)CF)c(O)c3c2C[C@H]2C[C@H]4[C@@H](N(C)C)C(=O)C(C(N)=O)=C(O)[C@@]4(O)C(=O)C2=C3O)cn1. The monoisotopic (exact) mass is 610 g/mol. The van der Waals surface area contributed by atoms with Crippen LogP contribution in [-0.2, 0) is 27.3 Å². The maximum atomic E-state index is 14.2. The molecule has 1 fully saturated rings. The normalized spacial score (nSPS) is 25.5. The molecule has 44 heavy (non-hydrogen) atoms. The first-order valence-corrected chi connectivity index (χ1v) is 14.1. The van der Waals surface area contributed by atoms with E-state index in [0.717, 1.165) is 0 Å². The minimum absolute atomic E-state index is 0.0188. The molecule has 12 nitrogen and oxygen atoms in total. The molecule has 1 aromatic heterocycles. The molecule has 0 bridgehead atoms. The van der Waals surface area contributed by atoms with Crippen LogP contribution in [0.25, 0.3) is 16.9 Å². The maximum absolute atomic E-state index is 14.2. The van der Waals surface area contributed by atoms with Crippen molar-refractivity contribution in [2.24, 2.45) is 17.6 Å². The number of alkyl halides is 1. The molecule has 5 atom stereocenters. The average molecular weight is 611 g/mol. The number of ether oxygens (including phenoxy) is 1. The quantitative estimate of drug-likeness (QED) is 0.237. The number of amides is 1. The van der Waals surface area contributed by atoms with Crippen molar-refractivity contribution in [3.8, 4) is 22.8 Å². The van der Waals surface area contributed by atoms with Crippen LogP contribution in [0.3, 0.4) is 0 Å². The van der Waals surface area contributed by atoms with E-state index in [1.807, 2.05) is 0 Å². The lowest BCUT2D eigenvalue weighted by molar-refractivity contribution is -0.153. The topological polar surface area (TPSA) is 196 Å². The number of carbonyl (C=O) groups excluding carboxylic acids is 3. The van der Waals surface area contributed by atoms with Crippen LogP contribution in [0, 0.1) is 11.8 Å². The summed E-state index contributed by atoms with van der Waals surface area (Å²) in [6.45, 7) is 0.986. The Morgan fingerprint density at radius 1 is 1.27 bits per heavy atom. The molecule has 1 unspecified atom stereocenters. The number of nitrogens with two attached hydrogens (primary N) is 1. The van der Waals surface area contributed by atoms with Crippen LogP contribution in [0.4, 0.5) is 4.39 Å². The molecule has 1 heterocycles. The van der Waals surface area contributed by atoms with Crippen molar-refractivity contribution in [2.45, 2.75) is 44.0 Å². The Hall–Kier alpha value is -4.33. The van der Waals surface area contributed by atoms with Gasteiger partial charge in [-0.15, -0.1) is 0 Å². The number of hydrogen-bond donors (Lipinski definition) is 6. The van der Waals surface area contributed by atoms with E-state index in [2.05, 4.69) is 10.3 Å². The van der Waals surface area contributed by atoms with Crippen LogP contribution < -0.4 is 15.8 Å². The minimum Gasteiger partial charge on any atom is -0.508 e. The zero-order valence-corrected chi connectivity index (χ0v) is 24.7. The smallest absolute Gasteiger partial charge is 0.255 e. The van der Waals surface area contributed by atoms with Gasteiger partial charge < -0.3 is 36.2 Å². The molecule has 1 aromatic carbocycles. The Morgan fingerprint density at radius 2 is 1.98 bits per heavy atom. The molecule has 0 aliphatic heterocycles. The van der Waals surface area contributed by atoms with Gasteiger partial charge >= 0.3 is 0 Å². The Kier molecular flexibility index (Phi) is 7.99. The standard InChI is InChI=1S/C31H35FN4O8/c1-13(10-32)34-12-16-8-17(14-5-6-20(44-4)35-11-14)18-7-15-9-19-24(36(2)3)27(39)23(30(33)42)29(41)31(19,43)28(40)21(15)26(38)22(18)25(16)37/h5-6,8,11,13,15,19,24,34,37-38,41,43H,7,9-10,12H2,1-4H3,(H2,33,42)/t13?,15-,19-,24+,31-/m0/s1. The van der Waals surface area contributed by atoms with E-state index in [1.165, 1.54) is 12.0 Å². The Morgan fingerprint density at radius 3 is 2.55 bits per heavy atom. The third-order valence-corrected chi connectivity index (χ3v) is 8.93. The molecular weight excluding hydrogens is 575 g/mol. The summed E-state index contributed by atoms with van der Waals surface area (Å²) in [5.74, 6) is -6.90. The number of fused-ring (bicyclic) bond motifs is 3. The van der Waals surface area contributed by atoms with Crippen LogP contribution in [0.1, 0.15) is 30.0 Å². The van der Waals surface area contributed by atoms with Gasteiger partial charge in [-0.2, -0.15) is 0 Å². The van der Waals surface area contributed by atoms with Crippen molar-refractivity contribution in [1.82, 2.24) is 15.2 Å². The van der Waals surface area contributed by atoms with Gasteiger partial charge in [-0.05, 0) is 63.0 Å². The summed E-state index contributed by atoms with van der Waals surface area (Å²) in [6, 6.07) is 3.38. The Balaban J connectivity index is 1.74. The van der Waals surface area contributed by atoms with Crippen LogP contribution in [-0.4, -0.2) is 93.3 Å². The summed E-state index contributed by atoms with van der Waals surface area (Å²) in [5.41, 5.74) is 3.45. The lowest BCUT2D eigenvalue weighted by Crippen LogP contribution is -2.65. The molecule has 234 valence electrons. The lowest BCUT2D eigenvalue weighted by atomic mass is 9.57. The predicted octanol–water partition coefficient (Wildman–Crippen LogP) is 1.48. The molecule has 7 N–H and O–H groups in total. The van der Waals surface area contributed by atoms with Crippen LogP contribution in [0.5, 0.6) is 11.6 Å². The van der Waals surface area contributed by atoms with Gasteiger partial charge in [0.15, 0.2) is 11.4 Å². The number of methoxy groups -OCH3 is 1. The fourth-order valence-corrected chi connectivity index (χ4v) is 6.76. The van der Waals surface area contributed by atoms with Gasteiger partial charge in [0.25, 0.3) is 5.91 Å². The number of carbonyl (C=O) groups is 3. The van der Waals surface area contributed by atoms with Crippen LogP contribution >= 0.6 is 0 Å². The number of pyridine rings is 1. The highest BCUT2D eigenvalue weighted by molar-refractivity contribution is 6.24. The molecule has 1 saturated carbocycles. The Bertz CT molecular complexity index is 1620. The van der Waals surface area contributed by atoms with Gasteiger partial charge in [-0.25, -0.2) is 9.37 Å². The van der Waals surface area contributed by atoms with Crippen molar-refractivity contribution in [3.05, 3.63) is 58.0 Å². The summed E-state index contributed by atoms with van der Waals surface area (Å²) in [5, 5.41) is 49.0. The van der Waals surface area contributed by atoms with Crippen molar-refractivity contribution < 1.29 is 43.9 Å². The highest BCUT2D eigenvalue weighted by Gasteiger charge is 2.64. The fraction of sp³-hybridized carbons (Fsp3) is 0.419. The third kappa shape index (κ3) is 4.62. The molecule has 1 amide bonds. The van der Waals surface area contributed by atoms with Gasteiger partial charge in [0, 0.05) is 47.5 Å². The maximum Gasteiger partial charge on any atom is 0.255 e. The molecular formula is C31H35FN4O8. The first kappa shape index (κ1) is 31.1. The van der Waals surface area contributed by atoms with E-state index in [1.54, 1.807) is 45.4 Å². The molecule has 3 aliphatic rings. The van der Waals surface area contributed by atoms with Crippen molar-refractivity contribution in [2.75, 3.05) is 27.9 Å². The predicted molar refractivity (Wildman–Crippen MR) is 156 cm³/mol. The number of nitrogens with one attached hydrogen (secondary N) is 1. The number of halogens is 1. The van der Waals surface area contributed by atoms with Crippen molar-refractivity contribution >= 4 is 23.2 Å². The zero-order valence-electron chi connectivity index (χ0n) is 24.7. The number of aliphatic hydroxyl groups excluding tert-OH is 2. The Labute approximate surface area is 252 Å². The summed E-state index contributed by atoms with van der Waals surface area (Å²) < 4.78 is 18.4. The van der Waals surface area contributed by atoms with Gasteiger partial charge in [0.05, 0.1) is 18.7 Å². The van der Waals surface area contributed by atoms with E-state index < -0.39 is 70.8 Å². The molecule has 3 aliphatic carbocycles. The van der Waals surface area contributed by atoms with Gasteiger partial charge in [-0.1, -0.05) is 0 Å². The van der Waals surface area contributed by atoms with Gasteiger partial charge in [-0.3, -0.25) is 19.3 Å². The van der Waals surface area contributed by atoms with Gasteiger partial charge in [0.1, 0.15) is 29.5 Å². The molecule has 0 radical (unpaired) electrons. The number of aliphatic hydroxyl groups is 3. The number of rotatable bonds is 8. The highest BCUT2D eigenvalue weighted by atomic mass is 19.1. The zero-order chi connectivity index (χ0) is 32.2. The summed E-state index contributed by atoms with van der Waals surface area (Å²) in [7, 11) is 4.56. The number of aromatic nitrogens is 1. The van der Waals surface area contributed by atoms with Crippen LogP contribution in [0.2, 0.25) is 0 Å². The average Bonchev–Trinajstić information content (AvgIpc) is 2.98. The van der Waals surface area contributed by atoms with Crippen LogP contribution in [0.15, 0.2) is 41.3 Å². The first-order valence-electron chi connectivity index (χ1n) is 14.1. The van der Waals surface area contributed by atoms with E-state index in [-0.39, 0.29) is 36.3 Å². The fourth-order valence-electron chi connectivity index (χ4n) is 6.76. The minimum atomic E-state index is -2.74. The summed E-state index contributed by atoms with van der Waals surface area (Å²) in [4.78, 5) is 45.4. The largest absolute Gasteiger partial charge is 0.508 e. The number of nitrogens with zero attached hydrogens (tertiary/aromatic N) is 2. The third-order valence-electron chi connectivity index (χ3n) is 8.93. The second-order valence-electron chi connectivity index (χ2n) is 11.8. The number of primary amides is 1. The number of likely N-dealkylation sites (N-methyl/N-ethyl adjacent to an activating group) is 1. The van der Waals surface area contributed by atoms with E-state index in [9.17, 15) is 39.2 Å². The molecule has 0 spiro atoms. The number of phenols is 1. The van der Waals surface area contributed by atoms with E-state index in [4.69, 9.17) is 10.5 Å². The number of benzene rings is 1. The molecule has 13 heteroatoms. The molecule has 2 aromatic rings. The molecule has 5 rings (SSSR count). The van der Waals surface area contributed by atoms with E-state index >= 15 is 0 Å². The summed E-state index contributed by atoms with van der Waals surface area (Å²) in [6.07, 6.45) is 1.63. The summed E-state index contributed by atoms with van der Waals surface area (Å²) >= 11 is 0. The number of ketones is 2. The van der Waals surface area contributed by atoms with Crippen molar-refractivity contribution in [1.29, 1.82) is 0 Å². The van der Waals surface area contributed by atoms with E-state index in [0.29, 0.717) is 28.1 Å². The number of phenolic OH excluding ortho intramolecular Hbond substituents is 1.